The lowest BCUT2D eigenvalue weighted by Crippen LogP contribution is -2.43. The van der Waals surface area contributed by atoms with Crippen molar-refractivity contribution >= 4 is 5.97 Å². The molecule has 1 fully saturated rings. The number of aromatic nitrogens is 1. The van der Waals surface area contributed by atoms with Gasteiger partial charge < -0.3 is 9.47 Å². The van der Waals surface area contributed by atoms with E-state index in [0.29, 0.717) is 11.5 Å². The van der Waals surface area contributed by atoms with Gasteiger partial charge in [0.25, 0.3) is 0 Å². The highest BCUT2D eigenvalue weighted by molar-refractivity contribution is 5.88. The van der Waals surface area contributed by atoms with Crippen LogP contribution in [0.5, 0.6) is 0 Å². The molecule has 0 aromatic carbocycles. The number of rotatable bonds is 4. The van der Waals surface area contributed by atoms with E-state index < -0.39 is 0 Å². The minimum atomic E-state index is -0.352. The molecule has 2 unspecified atom stereocenters. The van der Waals surface area contributed by atoms with Gasteiger partial charge in [-0.3, -0.25) is 9.88 Å². The molecule has 0 N–H and O–H groups in total. The van der Waals surface area contributed by atoms with Crippen molar-refractivity contribution in [1.29, 1.82) is 0 Å². The molecule has 0 amide bonds. The Labute approximate surface area is 119 Å². The Morgan fingerprint density at radius 3 is 2.85 bits per heavy atom. The Kier molecular flexibility index (Phi) is 5.09. The van der Waals surface area contributed by atoms with Crippen LogP contribution in [0.1, 0.15) is 29.4 Å². The van der Waals surface area contributed by atoms with Gasteiger partial charge in [-0.25, -0.2) is 4.79 Å². The highest BCUT2D eigenvalue weighted by Crippen LogP contribution is 2.20. The van der Waals surface area contributed by atoms with Crippen LogP contribution in [-0.4, -0.2) is 49.3 Å². The Bertz CT molecular complexity index is 447. The Hall–Kier alpha value is -1.46. The summed E-state index contributed by atoms with van der Waals surface area (Å²) in [7, 11) is 3.14. The number of carbonyl (C=O) groups excluding carboxylic acids is 1. The smallest absolute Gasteiger partial charge is 0.339 e. The van der Waals surface area contributed by atoms with Crippen LogP contribution in [0.3, 0.4) is 0 Å². The summed E-state index contributed by atoms with van der Waals surface area (Å²) < 4.78 is 10.2. The molecule has 1 saturated heterocycles. The molecule has 0 saturated carbocycles. The highest BCUT2D eigenvalue weighted by Gasteiger charge is 2.26. The normalized spacial score (nSPS) is 23.6. The molecule has 5 heteroatoms. The van der Waals surface area contributed by atoms with Crippen LogP contribution in [0.25, 0.3) is 0 Å². The maximum Gasteiger partial charge on any atom is 0.339 e. The maximum absolute atomic E-state index is 11.3. The van der Waals surface area contributed by atoms with E-state index in [-0.39, 0.29) is 12.1 Å². The van der Waals surface area contributed by atoms with Gasteiger partial charge in [-0.05, 0) is 31.0 Å². The fourth-order valence-electron chi connectivity index (χ4n) is 2.53. The molecule has 1 aliphatic heterocycles. The van der Waals surface area contributed by atoms with E-state index in [1.807, 2.05) is 6.07 Å². The second-order valence-electron chi connectivity index (χ2n) is 5.31. The second kappa shape index (κ2) is 6.81. The van der Waals surface area contributed by atoms with Gasteiger partial charge in [-0.2, -0.15) is 0 Å². The Morgan fingerprint density at radius 1 is 1.45 bits per heavy atom. The summed E-state index contributed by atoms with van der Waals surface area (Å²) in [6.07, 6.45) is 3.00. The lowest BCUT2D eigenvalue weighted by Gasteiger charge is -2.35. The quantitative estimate of drug-likeness (QED) is 0.785. The first-order valence-electron chi connectivity index (χ1n) is 6.92. The number of piperidine rings is 1. The van der Waals surface area contributed by atoms with Crippen LogP contribution in [0, 0.1) is 5.92 Å². The largest absolute Gasteiger partial charge is 0.465 e. The zero-order valence-corrected chi connectivity index (χ0v) is 12.3. The third-order valence-corrected chi connectivity index (χ3v) is 3.91. The van der Waals surface area contributed by atoms with Crippen molar-refractivity contribution in [1.82, 2.24) is 9.88 Å². The molecule has 2 atom stereocenters. The predicted molar refractivity (Wildman–Crippen MR) is 75.4 cm³/mol. The van der Waals surface area contributed by atoms with Crippen LogP contribution >= 0.6 is 0 Å². The van der Waals surface area contributed by atoms with Crippen molar-refractivity contribution in [2.24, 2.45) is 5.92 Å². The fourth-order valence-corrected chi connectivity index (χ4v) is 2.53. The highest BCUT2D eigenvalue weighted by atomic mass is 16.5. The number of hydrogen-bond donors (Lipinski definition) is 0. The lowest BCUT2D eigenvalue weighted by atomic mass is 9.96. The van der Waals surface area contributed by atoms with Crippen LogP contribution in [0.2, 0.25) is 0 Å². The number of carbonyl (C=O) groups is 1. The minimum absolute atomic E-state index is 0.290. The Morgan fingerprint density at radius 2 is 2.25 bits per heavy atom. The van der Waals surface area contributed by atoms with E-state index >= 15 is 0 Å². The number of methoxy groups -OCH3 is 2. The molecule has 1 aliphatic rings. The molecule has 1 aromatic heterocycles. The first kappa shape index (κ1) is 14.9. The maximum atomic E-state index is 11.3. The Balaban J connectivity index is 1.95. The summed E-state index contributed by atoms with van der Waals surface area (Å²) in [6, 6.07) is 3.64. The van der Waals surface area contributed by atoms with Crippen molar-refractivity contribution in [2.45, 2.75) is 26.0 Å². The van der Waals surface area contributed by atoms with Gasteiger partial charge in [0.1, 0.15) is 0 Å². The molecule has 110 valence electrons. The lowest BCUT2D eigenvalue weighted by molar-refractivity contribution is -0.00778. The average Bonchev–Trinajstić information content (AvgIpc) is 2.49. The topological polar surface area (TPSA) is 51.7 Å². The van der Waals surface area contributed by atoms with Crippen LogP contribution in [0.4, 0.5) is 0 Å². The summed E-state index contributed by atoms with van der Waals surface area (Å²) in [5.74, 6) is 0.251. The van der Waals surface area contributed by atoms with E-state index in [4.69, 9.17) is 4.74 Å². The van der Waals surface area contributed by atoms with Crippen molar-refractivity contribution in [2.75, 3.05) is 27.3 Å². The summed E-state index contributed by atoms with van der Waals surface area (Å²) in [5.41, 5.74) is 1.44. The standard InChI is InChI=1S/C15H22N2O3/c1-11-6-7-17(10-14(11)19-2)9-13-5-4-12(8-16-13)15(18)20-3/h4-5,8,11,14H,6-7,9-10H2,1-3H3. The van der Waals surface area contributed by atoms with Gasteiger partial charge in [0.05, 0.1) is 24.5 Å². The monoisotopic (exact) mass is 278 g/mol. The first-order valence-corrected chi connectivity index (χ1v) is 6.92. The predicted octanol–water partition coefficient (Wildman–Crippen LogP) is 1.72. The van der Waals surface area contributed by atoms with Crippen molar-refractivity contribution in [3.05, 3.63) is 29.6 Å². The summed E-state index contributed by atoms with van der Waals surface area (Å²) in [4.78, 5) is 18.0. The van der Waals surface area contributed by atoms with Gasteiger partial charge in [0.15, 0.2) is 0 Å². The van der Waals surface area contributed by atoms with E-state index in [1.165, 1.54) is 7.11 Å². The van der Waals surface area contributed by atoms with E-state index in [2.05, 4.69) is 21.5 Å². The molecule has 1 aromatic rings. The number of nitrogens with zero attached hydrogens (tertiary/aromatic N) is 2. The molecule has 0 bridgehead atoms. The molecule has 2 heterocycles. The number of esters is 1. The number of pyridine rings is 1. The molecular formula is C15H22N2O3. The van der Waals surface area contributed by atoms with E-state index in [0.717, 1.165) is 31.7 Å². The van der Waals surface area contributed by atoms with Gasteiger partial charge in [0, 0.05) is 26.4 Å². The van der Waals surface area contributed by atoms with E-state index in [1.54, 1.807) is 19.4 Å². The number of hydrogen-bond acceptors (Lipinski definition) is 5. The zero-order chi connectivity index (χ0) is 14.5. The number of ether oxygens (including phenoxy) is 2. The summed E-state index contributed by atoms with van der Waals surface area (Å²) in [5, 5.41) is 0. The zero-order valence-electron chi connectivity index (χ0n) is 12.3. The van der Waals surface area contributed by atoms with Crippen LogP contribution in [0.15, 0.2) is 18.3 Å². The molecule has 0 aliphatic carbocycles. The minimum Gasteiger partial charge on any atom is -0.465 e. The van der Waals surface area contributed by atoms with Gasteiger partial charge >= 0.3 is 5.97 Å². The van der Waals surface area contributed by atoms with E-state index in [9.17, 15) is 4.79 Å². The van der Waals surface area contributed by atoms with Crippen molar-refractivity contribution in [3.63, 3.8) is 0 Å². The SMILES string of the molecule is COC(=O)c1ccc(CN2CCC(C)C(OC)C2)nc1. The van der Waals surface area contributed by atoms with Crippen LogP contribution in [-0.2, 0) is 16.0 Å². The van der Waals surface area contributed by atoms with Gasteiger partial charge in [-0.15, -0.1) is 0 Å². The third kappa shape index (κ3) is 3.55. The van der Waals surface area contributed by atoms with Crippen molar-refractivity contribution < 1.29 is 14.3 Å². The number of likely N-dealkylation sites (tertiary alicyclic amines) is 1. The first-order chi connectivity index (χ1) is 9.63. The van der Waals surface area contributed by atoms with Gasteiger partial charge in [0.2, 0.25) is 0 Å². The molecule has 0 radical (unpaired) electrons. The second-order valence-corrected chi connectivity index (χ2v) is 5.31. The van der Waals surface area contributed by atoms with Crippen LogP contribution < -0.4 is 0 Å². The molecule has 5 nitrogen and oxygen atoms in total. The fraction of sp³-hybridized carbons (Fsp3) is 0.600. The van der Waals surface area contributed by atoms with Crippen molar-refractivity contribution in [3.8, 4) is 0 Å². The molecule has 2 rings (SSSR count). The third-order valence-electron chi connectivity index (χ3n) is 3.91. The van der Waals surface area contributed by atoms with Gasteiger partial charge in [-0.1, -0.05) is 6.92 Å². The summed E-state index contributed by atoms with van der Waals surface area (Å²) in [6.45, 7) is 5.00. The molecule has 0 spiro atoms. The molecular weight excluding hydrogens is 256 g/mol. The summed E-state index contributed by atoms with van der Waals surface area (Å²) >= 11 is 0. The average molecular weight is 278 g/mol. The molecule has 20 heavy (non-hydrogen) atoms.